The molecular weight excluding hydrogens is 238 g/mol. The number of ether oxygens (including phenoxy) is 1. The highest BCUT2D eigenvalue weighted by Gasteiger charge is 2.22. The van der Waals surface area contributed by atoms with Crippen LogP contribution in [0.4, 0.5) is 5.69 Å². The fourth-order valence-electron chi connectivity index (χ4n) is 2.98. The van der Waals surface area contributed by atoms with Crippen LogP contribution < -0.4 is 10.6 Å². The lowest BCUT2D eigenvalue weighted by Gasteiger charge is -2.36. The van der Waals surface area contributed by atoms with Gasteiger partial charge in [0.15, 0.2) is 0 Å². The molecule has 2 N–H and O–H groups in total. The Balaban J connectivity index is 1.64. The summed E-state index contributed by atoms with van der Waals surface area (Å²) in [5, 5.41) is 0. The molecule has 0 aliphatic carbocycles. The minimum atomic E-state index is 0.204. The molecule has 2 aliphatic heterocycles. The molecule has 4 nitrogen and oxygen atoms in total. The van der Waals surface area contributed by atoms with E-state index >= 15 is 0 Å². The van der Waals surface area contributed by atoms with Crippen molar-refractivity contribution in [3.63, 3.8) is 0 Å². The van der Waals surface area contributed by atoms with Gasteiger partial charge in [0, 0.05) is 44.5 Å². The van der Waals surface area contributed by atoms with Crippen LogP contribution >= 0.6 is 0 Å². The molecule has 0 aromatic heterocycles. The average Bonchev–Trinajstić information content (AvgIpc) is 2.48. The highest BCUT2D eigenvalue weighted by atomic mass is 16.5. The van der Waals surface area contributed by atoms with Crippen LogP contribution in [0.15, 0.2) is 24.3 Å². The highest BCUT2D eigenvalue weighted by molar-refractivity contribution is 5.56. The van der Waals surface area contributed by atoms with Crippen molar-refractivity contribution in [3.8, 4) is 0 Å². The van der Waals surface area contributed by atoms with Crippen molar-refractivity contribution in [3.05, 3.63) is 29.8 Å². The van der Waals surface area contributed by atoms with Crippen LogP contribution in [-0.4, -0.2) is 50.8 Å². The Morgan fingerprint density at radius 2 is 1.89 bits per heavy atom. The second kappa shape index (κ2) is 5.90. The second-order valence-corrected chi connectivity index (χ2v) is 5.40. The first-order valence-corrected chi connectivity index (χ1v) is 7.24. The van der Waals surface area contributed by atoms with Crippen molar-refractivity contribution < 1.29 is 4.74 Å². The smallest absolute Gasteiger partial charge is 0.0594 e. The molecule has 1 aromatic rings. The molecule has 1 saturated heterocycles. The van der Waals surface area contributed by atoms with Crippen LogP contribution in [0, 0.1) is 0 Å². The number of benzene rings is 1. The van der Waals surface area contributed by atoms with E-state index in [4.69, 9.17) is 10.5 Å². The number of hydrogen-bond acceptors (Lipinski definition) is 4. The summed E-state index contributed by atoms with van der Waals surface area (Å²) < 4.78 is 5.39. The predicted octanol–water partition coefficient (Wildman–Crippen LogP) is 1.23. The SMILES string of the molecule is NC1CCN(CCN2CCOCC2)c2ccccc21. The summed E-state index contributed by atoms with van der Waals surface area (Å²) in [7, 11) is 0. The molecule has 0 spiro atoms. The quantitative estimate of drug-likeness (QED) is 0.888. The Hall–Kier alpha value is -1.10. The van der Waals surface area contributed by atoms with Gasteiger partial charge in [-0.05, 0) is 18.1 Å². The molecule has 0 saturated carbocycles. The van der Waals surface area contributed by atoms with Crippen molar-refractivity contribution in [2.75, 3.05) is 50.8 Å². The van der Waals surface area contributed by atoms with E-state index in [1.165, 1.54) is 11.3 Å². The Bertz CT molecular complexity index is 418. The number of rotatable bonds is 3. The van der Waals surface area contributed by atoms with Crippen LogP contribution in [0.2, 0.25) is 0 Å². The van der Waals surface area contributed by atoms with Crippen molar-refractivity contribution in [2.24, 2.45) is 5.73 Å². The van der Waals surface area contributed by atoms with Gasteiger partial charge in [-0.2, -0.15) is 0 Å². The Labute approximate surface area is 115 Å². The van der Waals surface area contributed by atoms with Gasteiger partial charge in [0.05, 0.1) is 13.2 Å². The van der Waals surface area contributed by atoms with E-state index in [0.717, 1.165) is 52.4 Å². The van der Waals surface area contributed by atoms with Crippen LogP contribution in [0.25, 0.3) is 0 Å². The first-order chi connectivity index (χ1) is 9.34. The lowest BCUT2D eigenvalue weighted by molar-refractivity contribution is 0.0391. The maximum atomic E-state index is 6.19. The number of anilines is 1. The van der Waals surface area contributed by atoms with Crippen molar-refractivity contribution in [1.29, 1.82) is 0 Å². The number of para-hydroxylation sites is 1. The van der Waals surface area contributed by atoms with Gasteiger partial charge in [-0.1, -0.05) is 18.2 Å². The Morgan fingerprint density at radius 3 is 2.74 bits per heavy atom. The molecule has 4 heteroatoms. The summed E-state index contributed by atoms with van der Waals surface area (Å²) in [5.74, 6) is 0. The Morgan fingerprint density at radius 1 is 1.11 bits per heavy atom. The molecule has 0 radical (unpaired) electrons. The molecule has 104 valence electrons. The van der Waals surface area contributed by atoms with Gasteiger partial charge in [-0.3, -0.25) is 4.90 Å². The summed E-state index contributed by atoms with van der Waals surface area (Å²) >= 11 is 0. The molecule has 3 rings (SSSR count). The lowest BCUT2D eigenvalue weighted by Crippen LogP contribution is -2.43. The summed E-state index contributed by atoms with van der Waals surface area (Å²) in [6, 6.07) is 8.77. The molecule has 2 heterocycles. The first kappa shape index (κ1) is 12.9. The Kier molecular flexibility index (Phi) is 4.01. The molecule has 0 bridgehead atoms. The summed E-state index contributed by atoms with van der Waals surface area (Å²) in [4.78, 5) is 4.97. The normalized spacial score (nSPS) is 24.3. The zero-order valence-electron chi connectivity index (χ0n) is 11.4. The number of morpholine rings is 1. The van der Waals surface area contributed by atoms with Gasteiger partial charge in [-0.25, -0.2) is 0 Å². The first-order valence-electron chi connectivity index (χ1n) is 7.24. The maximum absolute atomic E-state index is 6.19. The van der Waals surface area contributed by atoms with Gasteiger partial charge in [0.1, 0.15) is 0 Å². The van der Waals surface area contributed by atoms with E-state index in [1.54, 1.807) is 0 Å². The third kappa shape index (κ3) is 2.91. The molecule has 1 aromatic carbocycles. The fourth-order valence-corrected chi connectivity index (χ4v) is 2.98. The maximum Gasteiger partial charge on any atom is 0.0594 e. The topological polar surface area (TPSA) is 41.7 Å². The predicted molar refractivity (Wildman–Crippen MR) is 77.5 cm³/mol. The fraction of sp³-hybridized carbons (Fsp3) is 0.600. The van der Waals surface area contributed by atoms with E-state index < -0.39 is 0 Å². The lowest BCUT2D eigenvalue weighted by atomic mass is 9.97. The zero-order chi connectivity index (χ0) is 13.1. The molecule has 1 atom stereocenters. The number of hydrogen-bond donors (Lipinski definition) is 1. The molecule has 19 heavy (non-hydrogen) atoms. The number of nitrogens with two attached hydrogens (primary N) is 1. The van der Waals surface area contributed by atoms with Crippen LogP contribution in [0.1, 0.15) is 18.0 Å². The number of nitrogens with zero attached hydrogens (tertiary/aromatic N) is 2. The second-order valence-electron chi connectivity index (χ2n) is 5.40. The molecule has 2 aliphatic rings. The minimum absolute atomic E-state index is 0.204. The van der Waals surface area contributed by atoms with Crippen molar-refractivity contribution >= 4 is 5.69 Å². The highest BCUT2D eigenvalue weighted by Crippen LogP contribution is 2.31. The van der Waals surface area contributed by atoms with Gasteiger partial charge in [0.2, 0.25) is 0 Å². The summed E-state index contributed by atoms with van der Waals surface area (Å²) in [6.45, 7) is 7.16. The van der Waals surface area contributed by atoms with E-state index in [9.17, 15) is 0 Å². The average molecular weight is 261 g/mol. The van der Waals surface area contributed by atoms with E-state index in [-0.39, 0.29) is 6.04 Å². The van der Waals surface area contributed by atoms with E-state index in [1.807, 2.05) is 0 Å². The van der Waals surface area contributed by atoms with Crippen molar-refractivity contribution in [2.45, 2.75) is 12.5 Å². The van der Waals surface area contributed by atoms with Crippen molar-refractivity contribution in [1.82, 2.24) is 4.90 Å². The largest absolute Gasteiger partial charge is 0.379 e. The molecular formula is C15H23N3O. The van der Waals surface area contributed by atoms with Crippen LogP contribution in [0.5, 0.6) is 0 Å². The van der Waals surface area contributed by atoms with Gasteiger partial charge < -0.3 is 15.4 Å². The monoisotopic (exact) mass is 261 g/mol. The minimum Gasteiger partial charge on any atom is -0.379 e. The zero-order valence-corrected chi connectivity index (χ0v) is 11.4. The van der Waals surface area contributed by atoms with Gasteiger partial charge in [-0.15, -0.1) is 0 Å². The van der Waals surface area contributed by atoms with Gasteiger partial charge >= 0.3 is 0 Å². The summed E-state index contributed by atoms with van der Waals surface area (Å²) in [5.41, 5.74) is 8.82. The standard InChI is InChI=1S/C15H23N3O/c16-14-5-6-18(15-4-2-1-3-13(14)15)8-7-17-9-11-19-12-10-17/h1-4,14H,5-12,16H2. The molecule has 1 unspecified atom stereocenters. The molecule has 1 fully saturated rings. The molecule has 0 amide bonds. The van der Waals surface area contributed by atoms with E-state index in [0.29, 0.717) is 0 Å². The summed E-state index contributed by atoms with van der Waals surface area (Å²) in [6.07, 6.45) is 1.06. The van der Waals surface area contributed by atoms with Gasteiger partial charge in [0.25, 0.3) is 0 Å². The van der Waals surface area contributed by atoms with Crippen LogP contribution in [-0.2, 0) is 4.74 Å². The third-order valence-corrected chi connectivity index (χ3v) is 4.18. The van der Waals surface area contributed by atoms with Crippen LogP contribution in [0.3, 0.4) is 0 Å². The van der Waals surface area contributed by atoms with E-state index in [2.05, 4.69) is 34.1 Å². The third-order valence-electron chi connectivity index (χ3n) is 4.18. The number of fused-ring (bicyclic) bond motifs is 1.